The number of aliphatic hydroxyl groups is 1. The van der Waals surface area contributed by atoms with Gasteiger partial charge in [-0.3, -0.25) is 15.1 Å². The van der Waals surface area contributed by atoms with E-state index in [2.05, 4.69) is 30.2 Å². The van der Waals surface area contributed by atoms with Crippen LogP contribution in [0.1, 0.15) is 53.3 Å². The number of thiazole rings is 1. The van der Waals surface area contributed by atoms with E-state index in [0.29, 0.717) is 38.7 Å². The van der Waals surface area contributed by atoms with Gasteiger partial charge in [0.05, 0.1) is 30.8 Å². The second-order valence-corrected chi connectivity index (χ2v) is 10.6. The lowest BCUT2D eigenvalue weighted by molar-refractivity contribution is -0.270. The number of hydrogen-bond acceptors (Lipinski definition) is 9. The Labute approximate surface area is 229 Å². The first-order chi connectivity index (χ1) is 18.5. The Morgan fingerprint density at radius 1 is 1.13 bits per heavy atom. The summed E-state index contributed by atoms with van der Waals surface area (Å²) in [6.45, 7) is 1.79. The Kier molecular flexibility index (Phi) is 7.16. The number of alkyl halides is 3. The molecule has 9 nitrogen and oxygen atoms in total. The first-order valence-electron chi connectivity index (χ1n) is 11.9. The molecule has 0 radical (unpaired) electrons. The molecule has 5 rings (SSSR count). The van der Waals surface area contributed by atoms with Crippen LogP contribution >= 0.6 is 22.9 Å². The maximum absolute atomic E-state index is 13.3. The number of ether oxygens (including phenoxy) is 1. The van der Waals surface area contributed by atoms with E-state index in [1.807, 2.05) is 0 Å². The van der Waals surface area contributed by atoms with Crippen molar-refractivity contribution < 1.29 is 27.8 Å². The summed E-state index contributed by atoms with van der Waals surface area (Å²) in [5.41, 5.74) is 0.187. The summed E-state index contributed by atoms with van der Waals surface area (Å²) < 4.78 is 44.9. The molecule has 0 aliphatic heterocycles. The number of fused-ring (bicyclic) bond motifs is 1. The predicted octanol–water partition coefficient (Wildman–Crippen LogP) is 5.72. The van der Waals surface area contributed by atoms with Gasteiger partial charge in [-0.1, -0.05) is 22.9 Å². The summed E-state index contributed by atoms with van der Waals surface area (Å²) in [5.74, 6) is -0.324. The van der Waals surface area contributed by atoms with Crippen LogP contribution in [0.4, 0.5) is 18.3 Å². The van der Waals surface area contributed by atoms with Gasteiger partial charge in [-0.05, 0) is 44.7 Å². The molecule has 1 aliphatic carbocycles. The van der Waals surface area contributed by atoms with Crippen molar-refractivity contribution in [1.82, 2.24) is 24.9 Å². The molecular formula is C25H22ClF3N6O3S. The summed E-state index contributed by atoms with van der Waals surface area (Å²) in [6.07, 6.45) is -0.808. The molecule has 39 heavy (non-hydrogen) atoms. The minimum atomic E-state index is -4.67. The summed E-state index contributed by atoms with van der Waals surface area (Å²) in [7, 11) is 1.49. The van der Waals surface area contributed by atoms with Gasteiger partial charge in [0.25, 0.3) is 5.91 Å². The van der Waals surface area contributed by atoms with Crippen LogP contribution in [0.15, 0.2) is 30.7 Å². The average Bonchev–Trinajstić information content (AvgIpc) is 3.29. The van der Waals surface area contributed by atoms with Crippen LogP contribution in [0.25, 0.3) is 21.6 Å². The number of nitrogens with zero attached hydrogens (tertiary/aromatic N) is 5. The topological polar surface area (TPSA) is 123 Å². The Bertz CT molecular complexity index is 1560. The molecule has 1 aliphatic rings. The highest BCUT2D eigenvalue weighted by molar-refractivity contribution is 7.21. The zero-order valence-electron chi connectivity index (χ0n) is 20.7. The molecule has 1 saturated carbocycles. The molecule has 4 aromatic rings. The Morgan fingerprint density at radius 3 is 2.56 bits per heavy atom. The van der Waals surface area contributed by atoms with Crippen molar-refractivity contribution in [2.75, 3.05) is 12.4 Å². The second kappa shape index (κ2) is 10.3. The number of halogens is 4. The van der Waals surface area contributed by atoms with Crippen LogP contribution in [0.3, 0.4) is 0 Å². The number of hydrogen-bond donors (Lipinski definition) is 2. The quantitative estimate of drug-likeness (QED) is 0.288. The average molecular weight is 579 g/mol. The van der Waals surface area contributed by atoms with Gasteiger partial charge in [-0.15, -0.1) is 0 Å². The van der Waals surface area contributed by atoms with E-state index in [0.717, 1.165) is 11.3 Å². The molecule has 0 unspecified atom stereocenters. The fourth-order valence-electron chi connectivity index (χ4n) is 4.58. The molecular weight excluding hydrogens is 557 g/mol. The van der Waals surface area contributed by atoms with Crippen molar-refractivity contribution in [3.63, 3.8) is 0 Å². The van der Waals surface area contributed by atoms with Gasteiger partial charge in [-0.25, -0.2) is 15.0 Å². The summed E-state index contributed by atoms with van der Waals surface area (Å²) in [6, 6.07) is 3.33. The lowest BCUT2D eigenvalue weighted by atomic mass is 9.77. The first kappa shape index (κ1) is 27.2. The monoisotopic (exact) mass is 578 g/mol. The molecule has 4 aromatic heterocycles. The van der Waals surface area contributed by atoms with Gasteiger partial charge < -0.3 is 9.84 Å². The normalized spacial score (nSPS) is 19.7. The van der Waals surface area contributed by atoms with E-state index in [4.69, 9.17) is 16.3 Å². The van der Waals surface area contributed by atoms with Crippen LogP contribution in [-0.2, 0) is 0 Å². The smallest absolute Gasteiger partial charge is 0.417 e. The highest BCUT2D eigenvalue weighted by Gasteiger charge is 2.54. The molecule has 0 spiro atoms. The standard InChI is InChI=1S/C25H22ClF3N6O3S/c1-12-7-14(15-8-19(26)31-11-18(15)38-2)16(9-30-12)21(36)35-23-34-20-22(39-23)33-17(10-32-20)13-3-5-24(37,6-4-13)25(27,28)29/h7-11,13,37H,3-6H2,1-2H3,(H,32,34,35,36). The molecule has 2 N–H and O–H groups in total. The number of carbonyl (C=O) groups excluding carboxylic acids is 1. The molecule has 204 valence electrons. The largest absolute Gasteiger partial charge is 0.494 e. The molecule has 14 heteroatoms. The number of methoxy groups -OCH3 is 1. The van der Waals surface area contributed by atoms with Crippen molar-refractivity contribution in [3.8, 4) is 16.9 Å². The maximum Gasteiger partial charge on any atom is 0.417 e. The third-order valence-corrected chi connectivity index (χ3v) is 7.81. The minimum Gasteiger partial charge on any atom is -0.494 e. The third kappa shape index (κ3) is 5.38. The molecule has 0 atom stereocenters. The van der Waals surface area contributed by atoms with Crippen LogP contribution in [0, 0.1) is 6.92 Å². The lowest BCUT2D eigenvalue weighted by Gasteiger charge is -2.36. The van der Waals surface area contributed by atoms with Gasteiger partial charge in [0.1, 0.15) is 10.9 Å². The van der Waals surface area contributed by atoms with Crippen LogP contribution < -0.4 is 10.1 Å². The molecule has 0 aromatic carbocycles. The van der Waals surface area contributed by atoms with Gasteiger partial charge in [0, 0.05) is 28.9 Å². The van der Waals surface area contributed by atoms with Crippen molar-refractivity contribution in [2.24, 2.45) is 0 Å². The first-order valence-corrected chi connectivity index (χ1v) is 13.1. The summed E-state index contributed by atoms with van der Waals surface area (Å²) in [4.78, 5) is 35.2. The van der Waals surface area contributed by atoms with Gasteiger partial charge in [-0.2, -0.15) is 18.2 Å². The van der Waals surface area contributed by atoms with E-state index >= 15 is 0 Å². The Hall–Kier alpha value is -3.42. The highest BCUT2D eigenvalue weighted by Crippen LogP contribution is 2.45. The summed E-state index contributed by atoms with van der Waals surface area (Å²) >= 11 is 7.20. The zero-order valence-corrected chi connectivity index (χ0v) is 22.3. The molecule has 4 heterocycles. The molecule has 1 amide bonds. The van der Waals surface area contributed by atoms with E-state index in [9.17, 15) is 23.1 Å². The fourth-order valence-corrected chi connectivity index (χ4v) is 5.54. The fraction of sp³-hybridized carbons (Fsp3) is 0.360. The lowest BCUT2D eigenvalue weighted by Crippen LogP contribution is -2.47. The number of anilines is 1. The number of nitrogens with one attached hydrogen (secondary N) is 1. The highest BCUT2D eigenvalue weighted by atomic mass is 35.5. The third-order valence-electron chi connectivity index (χ3n) is 6.75. The van der Waals surface area contributed by atoms with Crippen molar-refractivity contribution >= 4 is 44.5 Å². The predicted molar refractivity (Wildman–Crippen MR) is 139 cm³/mol. The van der Waals surface area contributed by atoms with Crippen LogP contribution in [0.5, 0.6) is 5.75 Å². The minimum absolute atomic E-state index is 0.129. The number of amides is 1. The Balaban J connectivity index is 1.38. The summed E-state index contributed by atoms with van der Waals surface area (Å²) in [5, 5.41) is 13.2. The SMILES string of the molecule is COc1cnc(Cl)cc1-c1cc(C)ncc1C(=O)Nc1nc2ncc(C3CCC(O)(C(F)(F)F)CC3)nc2s1. The number of pyridine rings is 2. The molecule has 1 fully saturated rings. The zero-order chi connectivity index (χ0) is 27.9. The van der Waals surface area contributed by atoms with Crippen molar-refractivity contribution in [1.29, 1.82) is 0 Å². The van der Waals surface area contributed by atoms with Crippen molar-refractivity contribution in [3.05, 3.63) is 52.8 Å². The van der Waals surface area contributed by atoms with Gasteiger partial charge in [0.15, 0.2) is 21.2 Å². The number of aryl methyl sites for hydroxylation is 1. The van der Waals surface area contributed by atoms with Crippen molar-refractivity contribution in [2.45, 2.75) is 50.3 Å². The number of carbonyl (C=O) groups is 1. The van der Waals surface area contributed by atoms with Crippen LogP contribution in [0.2, 0.25) is 5.15 Å². The van der Waals surface area contributed by atoms with E-state index in [1.165, 1.54) is 25.7 Å². The molecule has 0 bridgehead atoms. The van der Waals surface area contributed by atoms with Gasteiger partial charge in [0.2, 0.25) is 0 Å². The van der Waals surface area contributed by atoms with E-state index < -0.39 is 30.5 Å². The van der Waals surface area contributed by atoms with E-state index in [-0.39, 0.29) is 34.6 Å². The van der Waals surface area contributed by atoms with Crippen LogP contribution in [-0.4, -0.2) is 54.8 Å². The number of rotatable bonds is 5. The second-order valence-electron chi connectivity index (χ2n) is 9.28. The maximum atomic E-state index is 13.3. The number of aromatic nitrogens is 5. The molecule has 0 saturated heterocycles. The van der Waals surface area contributed by atoms with E-state index in [1.54, 1.807) is 19.1 Å². The van der Waals surface area contributed by atoms with Gasteiger partial charge >= 0.3 is 6.18 Å². The Morgan fingerprint density at radius 2 is 1.87 bits per heavy atom.